The molecular weight excluding hydrogens is 344 g/mol. The molecule has 0 aliphatic carbocycles. The number of anilines is 2. The first-order valence-electron chi connectivity index (χ1n) is 8.62. The topological polar surface area (TPSA) is 111 Å². The third kappa shape index (κ3) is 3.54. The first-order chi connectivity index (χ1) is 13.1. The highest BCUT2D eigenvalue weighted by Crippen LogP contribution is 2.11. The summed E-state index contributed by atoms with van der Waals surface area (Å²) in [6.07, 6.45) is 1.49. The quantitative estimate of drug-likeness (QED) is 0.496. The molecule has 4 aromatic heterocycles. The van der Waals surface area contributed by atoms with Gasteiger partial charge in [0, 0.05) is 30.5 Å². The van der Waals surface area contributed by atoms with Gasteiger partial charge in [-0.1, -0.05) is 0 Å². The Morgan fingerprint density at radius 1 is 0.963 bits per heavy atom. The van der Waals surface area contributed by atoms with Crippen LogP contribution in [-0.4, -0.2) is 52.6 Å². The van der Waals surface area contributed by atoms with Crippen molar-refractivity contribution >= 4 is 17.4 Å². The second kappa shape index (κ2) is 6.98. The van der Waals surface area contributed by atoms with E-state index in [1.165, 1.54) is 6.33 Å². The normalized spacial score (nSPS) is 11.1. The molecule has 0 radical (unpaired) electrons. The van der Waals surface area contributed by atoms with E-state index in [-0.39, 0.29) is 0 Å². The van der Waals surface area contributed by atoms with Gasteiger partial charge >= 0.3 is 0 Å². The summed E-state index contributed by atoms with van der Waals surface area (Å²) in [4.78, 5) is 8.44. The van der Waals surface area contributed by atoms with Crippen LogP contribution in [0.2, 0.25) is 0 Å². The zero-order chi connectivity index (χ0) is 18.8. The molecule has 0 saturated carbocycles. The second-order valence-corrected chi connectivity index (χ2v) is 6.22. The van der Waals surface area contributed by atoms with Crippen molar-refractivity contribution < 1.29 is 0 Å². The fourth-order valence-corrected chi connectivity index (χ4v) is 2.83. The Bertz CT molecular complexity index is 1060. The Morgan fingerprint density at radius 3 is 2.56 bits per heavy atom. The molecule has 0 amide bonds. The van der Waals surface area contributed by atoms with E-state index in [0.29, 0.717) is 30.5 Å². The maximum atomic E-state index is 4.41. The van der Waals surface area contributed by atoms with Crippen molar-refractivity contribution in [2.75, 3.05) is 23.7 Å². The van der Waals surface area contributed by atoms with Gasteiger partial charge in [-0.2, -0.15) is 19.7 Å². The lowest BCUT2D eigenvalue weighted by molar-refractivity contribution is 0.781. The van der Waals surface area contributed by atoms with Gasteiger partial charge in [-0.05, 0) is 39.0 Å². The summed E-state index contributed by atoms with van der Waals surface area (Å²) >= 11 is 0. The van der Waals surface area contributed by atoms with E-state index in [9.17, 15) is 0 Å². The molecule has 2 N–H and O–H groups in total. The molecule has 0 aliphatic heterocycles. The molecule has 0 aromatic carbocycles. The fraction of sp³-hybridized carbons (Fsp3) is 0.294. The van der Waals surface area contributed by atoms with Gasteiger partial charge in [0.1, 0.15) is 18.0 Å². The van der Waals surface area contributed by atoms with Crippen LogP contribution in [0.15, 0.2) is 30.6 Å². The lowest BCUT2D eigenvalue weighted by atomic mass is 10.4. The Labute approximate surface area is 155 Å². The number of rotatable bonds is 6. The molecule has 0 bridgehead atoms. The molecule has 0 atom stereocenters. The van der Waals surface area contributed by atoms with Crippen LogP contribution in [0.25, 0.3) is 11.6 Å². The number of hydrogen-bond donors (Lipinski definition) is 2. The first kappa shape index (κ1) is 16.9. The smallest absolute Gasteiger partial charge is 0.254 e. The Morgan fingerprint density at radius 2 is 1.81 bits per heavy atom. The molecule has 0 aliphatic rings. The lowest BCUT2D eigenvalue weighted by Crippen LogP contribution is -2.17. The van der Waals surface area contributed by atoms with Crippen LogP contribution in [0.1, 0.15) is 17.1 Å². The van der Waals surface area contributed by atoms with E-state index < -0.39 is 0 Å². The number of aryl methyl sites for hydroxylation is 3. The van der Waals surface area contributed by atoms with Crippen LogP contribution >= 0.6 is 0 Å². The van der Waals surface area contributed by atoms with Gasteiger partial charge in [0.05, 0.1) is 5.69 Å². The summed E-state index contributed by atoms with van der Waals surface area (Å²) in [5, 5.41) is 23.6. The second-order valence-electron chi connectivity index (χ2n) is 6.22. The molecule has 10 heteroatoms. The SMILES string of the molecule is Cc1cc(NCCNc2ccc(-n3nc(C)cc3C)nn2)n2ncnc2n1. The first-order valence-corrected chi connectivity index (χ1v) is 8.62. The Balaban J connectivity index is 1.35. The van der Waals surface area contributed by atoms with Gasteiger partial charge in [0.2, 0.25) is 0 Å². The molecule has 27 heavy (non-hydrogen) atoms. The minimum atomic E-state index is 0.580. The van der Waals surface area contributed by atoms with Gasteiger partial charge in [-0.15, -0.1) is 10.2 Å². The highest BCUT2D eigenvalue weighted by Gasteiger charge is 2.07. The molecule has 4 heterocycles. The van der Waals surface area contributed by atoms with Crippen molar-refractivity contribution in [3.63, 3.8) is 0 Å². The molecule has 4 rings (SSSR count). The zero-order valence-corrected chi connectivity index (χ0v) is 15.4. The average Bonchev–Trinajstić information content (AvgIpc) is 3.25. The number of nitrogens with one attached hydrogen (secondary N) is 2. The summed E-state index contributed by atoms with van der Waals surface area (Å²) in [7, 11) is 0. The molecule has 10 nitrogen and oxygen atoms in total. The monoisotopic (exact) mass is 364 g/mol. The third-order valence-corrected chi connectivity index (χ3v) is 3.99. The summed E-state index contributed by atoms with van der Waals surface area (Å²) in [5.41, 5.74) is 2.87. The highest BCUT2D eigenvalue weighted by molar-refractivity contribution is 5.45. The highest BCUT2D eigenvalue weighted by atomic mass is 15.4. The molecule has 138 valence electrons. The number of aromatic nitrogens is 8. The molecule has 4 aromatic rings. The fourth-order valence-electron chi connectivity index (χ4n) is 2.83. The van der Waals surface area contributed by atoms with E-state index in [4.69, 9.17) is 0 Å². The molecule has 0 unspecified atom stereocenters. The van der Waals surface area contributed by atoms with Gasteiger partial charge in [0.15, 0.2) is 5.82 Å². The van der Waals surface area contributed by atoms with Gasteiger partial charge < -0.3 is 10.6 Å². The van der Waals surface area contributed by atoms with Crippen LogP contribution in [0.3, 0.4) is 0 Å². The van der Waals surface area contributed by atoms with Gasteiger partial charge in [0.25, 0.3) is 5.78 Å². The van der Waals surface area contributed by atoms with Gasteiger partial charge in [-0.3, -0.25) is 0 Å². The van der Waals surface area contributed by atoms with Crippen LogP contribution in [0.4, 0.5) is 11.6 Å². The number of fused-ring (bicyclic) bond motifs is 1. The predicted molar refractivity (Wildman–Crippen MR) is 101 cm³/mol. The summed E-state index contributed by atoms with van der Waals surface area (Å²) in [6.45, 7) is 7.23. The molecular formula is C17H20N10. The number of hydrogen-bond acceptors (Lipinski definition) is 8. The van der Waals surface area contributed by atoms with E-state index in [0.717, 1.165) is 22.9 Å². The predicted octanol–water partition coefficient (Wildman–Crippen LogP) is 1.55. The minimum absolute atomic E-state index is 0.580. The van der Waals surface area contributed by atoms with E-state index in [2.05, 4.69) is 41.0 Å². The molecule has 0 saturated heterocycles. The Hall–Kier alpha value is -3.56. The van der Waals surface area contributed by atoms with Crippen molar-refractivity contribution in [1.29, 1.82) is 0 Å². The summed E-state index contributed by atoms with van der Waals surface area (Å²) in [6, 6.07) is 7.73. The maximum absolute atomic E-state index is 4.41. The maximum Gasteiger partial charge on any atom is 0.254 e. The van der Waals surface area contributed by atoms with Crippen molar-refractivity contribution in [3.8, 4) is 5.82 Å². The van der Waals surface area contributed by atoms with Crippen LogP contribution < -0.4 is 10.6 Å². The van der Waals surface area contributed by atoms with E-state index in [1.807, 2.05) is 45.0 Å². The Kier molecular flexibility index (Phi) is 4.37. The van der Waals surface area contributed by atoms with Crippen molar-refractivity contribution in [3.05, 3.63) is 47.7 Å². The van der Waals surface area contributed by atoms with Crippen molar-refractivity contribution in [1.82, 2.24) is 39.6 Å². The largest absolute Gasteiger partial charge is 0.368 e. The van der Waals surface area contributed by atoms with Crippen LogP contribution in [0.5, 0.6) is 0 Å². The van der Waals surface area contributed by atoms with Crippen LogP contribution in [0, 0.1) is 20.8 Å². The summed E-state index contributed by atoms with van der Waals surface area (Å²) in [5.74, 6) is 2.84. The zero-order valence-electron chi connectivity index (χ0n) is 15.4. The standard InChI is InChI=1S/C17H20N10/c1-11-9-16(27-17(22-11)20-10-21-27)19-7-6-18-14-4-5-15(24-23-14)26-13(3)8-12(2)25-26/h4-5,8-10,19H,6-7H2,1-3H3,(H,18,23). The summed E-state index contributed by atoms with van der Waals surface area (Å²) < 4.78 is 3.46. The third-order valence-electron chi connectivity index (χ3n) is 3.99. The lowest BCUT2D eigenvalue weighted by Gasteiger charge is -2.10. The van der Waals surface area contributed by atoms with E-state index >= 15 is 0 Å². The molecule has 0 fully saturated rings. The average molecular weight is 364 g/mol. The minimum Gasteiger partial charge on any atom is -0.368 e. The van der Waals surface area contributed by atoms with Crippen molar-refractivity contribution in [2.24, 2.45) is 0 Å². The van der Waals surface area contributed by atoms with Crippen LogP contribution in [-0.2, 0) is 0 Å². The van der Waals surface area contributed by atoms with E-state index in [1.54, 1.807) is 9.20 Å². The number of nitrogens with zero attached hydrogens (tertiary/aromatic N) is 8. The molecule has 0 spiro atoms. The van der Waals surface area contributed by atoms with Crippen molar-refractivity contribution in [2.45, 2.75) is 20.8 Å². The van der Waals surface area contributed by atoms with Gasteiger partial charge in [-0.25, -0.2) is 9.67 Å².